The van der Waals surface area contributed by atoms with Crippen LogP contribution in [0.3, 0.4) is 0 Å². The lowest BCUT2D eigenvalue weighted by Gasteiger charge is -2.44. The first-order chi connectivity index (χ1) is 9.15. The molecule has 0 spiro atoms. The van der Waals surface area contributed by atoms with Crippen molar-refractivity contribution >= 4 is 5.69 Å². The van der Waals surface area contributed by atoms with E-state index in [-0.39, 0.29) is 12.6 Å². The smallest absolute Gasteiger partial charge is 0.119 e. The molecule has 1 aliphatic rings. The summed E-state index contributed by atoms with van der Waals surface area (Å²) < 4.78 is 5.46. The molecule has 2 rings (SSSR count). The fourth-order valence-electron chi connectivity index (χ4n) is 2.58. The molecule has 1 aromatic carbocycles. The van der Waals surface area contributed by atoms with Crippen LogP contribution >= 0.6 is 0 Å². The van der Waals surface area contributed by atoms with Gasteiger partial charge in [0.1, 0.15) is 5.75 Å². The Kier molecular flexibility index (Phi) is 4.66. The summed E-state index contributed by atoms with van der Waals surface area (Å²) in [6.45, 7) is 6.93. The summed E-state index contributed by atoms with van der Waals surface area (Å²) >= 11 is 0. The maximum absolute atomic E-state index is 9.47. The second-order valence-electron chi connectivity index (χ2n) is 5.18. The quantitative estimate of drug-likeness (QED) is 0.896. The van der Waals surface area contributed by atoms with E-state index in [1.807, 2.05) is 19.1 Å². The van der Waals surface area contributed by atoms with Crippen LogP contribution in [0, 0.1) is 0 Å². The molecule has 1 fully saturated rings. The zero-order chi connectivity index (χ0) is 13.8. The van der Waals surface area contributed by atoms with Crippen LogP contribution in [0.25, 0.3) is 0 Å². The standard InChI is InChI=1S/C15H24N2O2/c1-4-19-15-7-5-13(6-8-15)17-9-12(2)16(3)14(10-17)11-18/h5-8,12,14,18H,4,9-11H2,1-3H3. The highest BCUT2D eigenvalue weighted by Crippen LogP contribution is 2.23. The van der Waals surface area contributed by atoms with Crippen molar-refractivity contribution in [3.05, 3.63) is 24.3 Å². The van der Waals surface area contributed by atoms with Crippen molar-refractivity contribution < 1.29 is 9.84 Å². The number of aliphatic hydroxyl groups excluding tert-OH is 1. The molecular weight excluding hydrogens is 240 g/mol. The molecule has 106 valence electrons. The van der Waals surface area contributed by atoms with E-state index in [9.17, 15) is 5.11 Å². The first-order valence-corrected chi connectivity index (χ1v) is 6.96. The molecule has 0 amide bonds. The van der Waals surface area contributed by atoms with Crippen LogP contribution < -0.4 is 9.64 Å². The summed E-state index contributed by atoms with van der Waals surface area (Å²) in [6, 6.07) is 8.85. The number of rotatable bonds is 4. The van der Waals surface area contributed by atoms with Crippen LogP contribution in [0.4, 0.5) is 5.69 Å². The second-order valence-corrected chi connectivity index (χ2v) is 5.18. The number of nitrogens with zero attached hydrogens (tertiary/aromatic N) is 2. The summed E-state index contributed by atoms with van der Waals surface area (Å²) in [5.41, 5.74) is 1.20. The average molecular weight is 264 g/mol. The molecular formula is C15H24N2O2. The summed E-state index contributed by atoms with van der Waals surface area (Å²) in [4.78, 5) is 4.59. The van der Waals surface area contributed by atoms with E-state index in [1.54, 1.807) is 0 Å². The highest BCUT2D eigenvalue weighted by Gasteiger charge is 2.28. The molecule has 0 radical (unpaired) electrons. The topological polar surface area (TPSA) is 35.9 Å². The molecule has 2 unspecified atom stereocenters. The van der Waals surface area contributed by atoms with Crippen LogP contribution in [-0.4, -0.2) is 55.4 Å². The Balaban J connectivity index is 2.08. The Hall–Kier alpha value is -1.26. The van der Waals surface area contributed by atoms with E-state index >= 15 is 0 Å². The molecule has 1 heterocycles. The van der Waals surface area contributed by atoms with E-state index in [4.69, 9.17) is 4.74 Å². The highest BCUT2D eigenvalue weighted by atomic mass is 16.5. The first-order valence-electron chi connectivity index (χ1n) is 6.96. The Morgan fingerprint density at radius 3 is 2.53 bits per heavy atom. The van der Waals surface area contributed by atoms with Gasteiger partial charge in [0.15, 0.2) is 0 Å². The van der Waals surface area contributed by atoms with E-state index in [0.717, 1.165) is 18.8 Å². The predicted molar refractivity (Wildman–Crippen MR) is 77.9 cm³/mol. The summed E-state index contributed by atoms with van der Waals surface area (Å²) in [5.74, 6) is 0.909. The van der Waals surface area contributed by atoms with Crippen molar-refractivity contribution in [1.29, 1.82) is 0 Å². The number of ether oxygens (including phenoxy) is 1. The van der Waals surface area contributed by atoms with Gasteiger partial charge in [0.25, 0.3) is 0 Å². The minimum absolute atomic E-state index is 0.203. The lowest BCUT2D eigenvalue weighted by Crippen LogP contribution is -2.57. The van der Waals surface area contributed by atoms with Gasteiger partial charge >= 0.3 is 0 Å². The number of benzene rings is 1. The highest BCUT2D eigenvalue weighted by molar-refractivity contribution is 5.50. The third-order valence-electron chi connectivity index (χ3n) is 3.91. The molecule has 1 aromatic rings. The summed E-state index contributed by atoms with van der Waals surface area (Å²) in [7, 11) is 2.08. The van der Waals surface area contributed by atoms with Crippen molar-refractivity contribution in [2.24, 2.45) is 0 Å². The van der Waals surface area contributed by atoms with Gasteiger partial charge < -0.3 is 14.7 Å². The molecule has 0 saturated carbocycles. The SMILES string of the molecule is CCOc1ccc(N2CC(C)N(C)C(CO)C2)cc1. The molecule has 0 aromatic heterocycles. The van der Waals surface area contributed by atoms with Gasteiger partial charge in [-0.3, -0.25) is 4.90 Å². The molecule has 0 aliphatic carbocycles. The summed E-state index contributed by atoms with van der Waals surface area (Å²) in [6.07, 6.45) is 0. The van der Waals surface area contributed by atoms with Gasteiger partial charge in [-0.15, -0.1) is 0 Å². The van der Waals surface area contributed by atoms with Gasteiger partial charge in [-0.1, -0.05) is 0 Å². The number of aliphatic hydroxyl groups is 1. The van der Waals surface area contributed by atoms with E-state index in [0.29, 0.717) is 12.6 Å². The average Bonchev–Trinajstić information content (AvgIpc) is 2.43. The van der Waals surface area contributed by atoms with Crippen molar-refractivity contribution in [2.75, 3.05) is 38.3 Å². The van der Waals surface area contributed by atoms with E-state index in [1.165, 1.54) is 5.69 Å². The zero-order valence-corrected chi connectivity index (χ0v) is 12.0. The maximum Gasteiger partial charge on any atom is 0.119 e. The van der Waals surface area contributed by atoms with Crippen LogP contribution in [0.2, 0.25) is 0 Å². The molecule has 4 nitrogen and oxygen atoms in total. The van der Waals surface area contributed by atoms with Gasteiger partial charge in [-0.05, 0) is 45.2 Å². The minimum atomic E-state index is 0.203. The first kappa shape index (κ1) is 14.2. The minimum Gasteiger partial charge on any atom is -0.494 e. The van der Waals surface area contributed by atoms with Gasteiger partial charge in [0.2, 0.25) is 0 Å². The Labute approximate surface area is 115 Å². The Morgan fingerprint density at radius 1 is 1.26 bits per heavy atom. The number of anilines is 1. The van der Waals surface area contributed by atoms with Gasteiger partial charge in [-0.2, -0.15) is 0 Å². The van der Waals surface area contributed by atoms with E-state index in [2.05, 4.69) is 35.9 Å². The number of hydrogen-bond acceptors (Lipinski definition) is 4. The largest absolute Gasteiger partial charge is 0.494 e. The van der Waals surface area contributed by atoms with Gasteiger partial charge in [-0.25, -0.2) is 0 Å². The third-order valence-corrected chi connectivity index (χ3v) is 3.91. The normalized spacial score (nSPS) is 24.5. The van der Waals surface area contributed by atoms with Crippen molar-refractivity contribution in [3.8, 4) is 5.75 Å². The number of piperazine rings is 1. The fourth-order valence-corrected chi connectivity index (χ4v) is 2.58. The number of hydrogen-bond donors (Lipinski definition) is 1. The molecule has 19 heavy (non-hydrogen) atoms. The summed E-state index contributed by atoms with van der Waals surface area (Å²) in [5, 5.41) is 9.47. The molecule has 1 saturated heterocycles. The second kappa shape index (κ2) is 6.26. The van der Waals surface area contributed by atoms with Crippen LogP contribution in [0.15, 0.2) is 24.3 Å². The monoisotopic (exact) mass is 264 g/mol. The molecule has 1 N–H and O–H groups in total. The Morgan fingerprint density at radius 2 is 1.95 bits per heavy atom. The molecule has 1 aliphatic heterocycles. The lowest BCUT2D eigenvalue weighted by atomic mass is 10.1. The molecule has 2 atom stereocenters. The molecule has 4 heteroatoms. The fraction of sp³-hybridized carbons (Fsp3) is 0.600. The third kappa shape index (κ3) is 3.19. The number of likely N-dealkylation sites (N-methyl/N-ethyl adjacent to an activating group) is 1. The van der Waals surface area contributed by atoms with Crippen LogP contribution in [-0.2, 0) is 0 Å². The maximum atomic E-state index is 9.47. The molecule has 0 bridgehead atoms. The lowest BCUT2D eigenvalue weighted by molar-refractivity contribution is 0.0996. The Bertz CT molecular complexity index is 394. The predicted octanol–water partition coefficient (Wildman–Crippen LogP) is 1.59. The van der Waals surface area contributed by atoms with Gasteiger partial charge in [0, 0.05) is 24.8 Å². The van der Waals surface area contributed by atoms with Gasteiger partial charge in [0.05, 0.1) is 19.3 Å². The van der Waals surface area contributed by atoms with Crippen molar-refractivity contribution in [2.45, 2.75) is 25.9 Å². The van der Waals surface area contributed by atoms with Crippen LogP contribution in [0.5, 0.6) is 5.75 Å². The van der Waals surface area contributed by atoms with E-state index < -0.39 is 0 Å². The van der Waals surface area contributed by atoms with Crippen LogP contribution in [0.1, 0.15) is 13.8 Å². The van der Waals surface area contributed by atoms with Crippen molar-refractivity contribution in [1.82, 2.24) is 4.90 Å². The zero-order valence-electron chi connectivity index (χ0n) is 12.0. The van der Waals surface area contributed by atoms with Crippen molar-refractivity contribution in [3.63, 3.8) is 0 Å².